The standard InChI is InChI=1S/C30H39N3O6/c1-20-8-5-6-9-23(20)19-32-25-17-27(39-4)26(38-3)16-24(25)29(35)33(30(32)36)18-21-10-12-22(13-11-21)28(34)31-14-7-15-37-2/h5-6,8-13,24-27H,7,14-19H2,1-4H3,(H,31,34). The molecule has 9 nitrogen and oxygen atoms in total. The predicted octanol–water partition coefficient (Wildman–Crippen LogP) is 3.53. The average Bonchev–Trinajstić information content (AvgIpc) is 2.96. The van der Waals surface area contributed by atoms with E-state index in [9.17, 15) is 14.4 Å². The molecule has 2 aromatic carbocycles. The van der Waals surface area contributed by atoms with E-state index in [4.69, 9.17) is 14.2 Å². The lowest BCUT2D eigenvalue weighted by atomic mass is 9.77. The highest BCUT2D eigenvalue weighted by Gasteiger charge is 2.51. The molecule has 39 heavy (non-hydrogen) atoms. The van der Waals surface area contributed by atoms with Crippen molar-refractivity contribution in [2.45, 2.75) is 57.5 Å². The maximum atomic E-state index is 13.9. The number of imide groups is 1. The minimum absolute atomic E-state index is 0.131. The summed E-state index contributed by atoms with van der Waals surface area (Å²) in [5.41, 5.74) is 3.43. The molecule has 1 heterocycles. The molecule has 0 spiro atoms. The Kier molecular flexibility index (Phi) is 9.72. The molecule has 4 amide bonds. The number of methoxy groups -OCH3 is 3. The van der Waals surface area contributed by atoms with Crippen LogP contribution in [0.1, 0.15) is 46.3 Å². The summed E-state index contributed by atoms with van der Waals surface area (Å²) >= 11 is 0. The van der Waals surface area contributed by atoms with Crippen LogP contribution in [0.15, 0.2) is 48.5 Å². The third-order valence-corrected chi connectivity index (χ3v) is 7.87. The summed E-state index contributed by atoms with van der Waals surface area (Å²) in [6.45, 7) is 3.67. The number of ether oxygens (including phenoxy) is 3. The molecule has 4 unspecified atom stereocenters. The van der Waals surface area contributed by atoms with Gasteiger partial charge in [-0.2, -0.15) is 0 Å². The maximum Gasteiger partial charge on any atom is 0.327 e. The Labute approximate surface area is 230 Å². The monoisotopic (exact) mass is 537 g/mol. The van der Waals surface area contributed by atoms with Crippen molar-refractivity contribution in [3.63, 3.8) is 0 Å². The van der Waals surface area contributed by atoms with Gasteiger partial charge in [0, 0.05) is 52.6 Å². The number of rotatable bonds is 11. The summed E-state index contributed by atoms with van der Waals surface area (Å²) in [6, 6.07) is 14.4. The first kappa shape index (κ1) is 28.7. The van der Waals surface area contributed by atoms with Gasteiger partial charge in [-0.1, -0.05) is 36.4 Å². The Balaban J connectivity index is 1.55. The average molecular weight is 538 g/mol. The highest BCUT2D eigenvalue weighted by Crippen LogP contribution is 2.38. The molecule has 4 atom stereocenters. The smallest absolute Gasteiger partial charge is 0.327 e. The molecule has 210 valence electrons. The van der Waals surface area contributed by atoms with Gasteiger partial charge in [0.1, 0.15) is 0 Å². The minimum atomic E-state index is -0.389. The first-order chi connectivity index (χ1) is 18.9. The molecule has 1 N–H and O–H groups in total. The number of hydrogen-bond donors (Lipinski definition) is 1. The van der Waals surface area contributed by atoms with E-state index in [-0.39, 0.29) is 48.6 Å². The number of amides is 4. The fourth-order valence-corrected chi connectivity index (χ4v) is 5.58. The lowest BCUT2D eigenvalue weighted by Crippen LogP contribution is -2.64. The highest BCUT2D eigenvalue weighted by atomic mass is 16.5. The van der Waals surface area contributed by atoms with Gasteiger partial charge in [-0.15, -0.1) is 0 Å². The van der Waals surface area contributed by atoms with Crippen LogP contribution in [0.3, 0.4) is 0 Å². The van der Waals surface area contributed by atoms with E-state index < -0.39 is 0 Å². The van der Waals surface area contributed by atoms with Gasteiger partial charge in [0.25, 0.3) is 5.91 Å². The maximum absolute atomic E-state index is 13.9. The first-order valence-corrected chi connectivity index (χ1v) is 13.5. The van der Waals surface area contributed by atoms with E-state index >= 15 is 0 Å². The van der Waals surface area contributed by atoms with Crippen LogP contribution in [0.2, 0.25) is 0 Å². The highest BCUT2D eigenvalue weighted by molar-refractivity contribution is 5.99. The zero-order chi connectivity index (χ0) is 27.9. The van der Waals surface area contributed by atoms with E-state index in [1.807, 2.05) is 36.1 Å². The van der Waals surface area contributed by atoms with Gasteiger partial charge in [0.2, 0.25) is 5.91 Å². The van der Waals surface area contributed by atoms with Crippen molar-refractivity contribution in [3.8, 4) is 0 Å². The molecule has 4 rings (SSSR count). The molecule has 1 saturated carbocycles. The number of carbonyl (C=O) groups is 3. The molecule has 1 aliphatic heterocycles. The second-order valence-corrected chi connectivity index (χ2v) is 10.3. The number of carbonyl (C=O) groups excluding carboxylic acids is 3. The van der Waals surface area contributed by atoms with Crippen LogP contribution in [-0.2, 0) is 32.1 Å². The number of fused-ring (bicyclic) bond motifs is 1. The molecule has 2 aliphatic rings. The van der Waals surface area contributed by atoms with Gasteiger partial charge in [-0.3, -0.25) is 14.5 Å². The summed E-state index contributed by atoms with van der Waals surface area (Å²) in [5.74, 6) is -0.752. The second kappa shape index (κ2) is 13.2. The number of urea groups is 1. The lowest BCUT2D eigenvalue weighted by molar-refractivity contribution is -0.152. The Morgan fingerprint density at radius 2 is 1.64 bits per heavy atom. The van der Waals surface area contributed by atoms with Crippen LogP contribution in [0, 0.1) is 12.8 Å². The van der Waals surface area contributed by atoms with Crippen LogP contribution >= 0.6 is 0 Å². The molecule has 0 aromatic heterocycles. The molecule has 9 heteroatoms. The summed E-state index contributed by atoms with van der Waals surface area (Å²) in [5, 5.41) is 2.86. The topological polar surface area (TPSA) is 97.4 Å². The van der Waals surface area contributed by atoms with Gasteiger partial charge in [0.05, 0.1) is 24.7 Å². The fraction of sp³-hybridized carbons (Fsp3) is 0.500. The predicted molar refractivity (Wildman–Crippen MR) is 146 cm³/mol. The lowest BCUT2D eigenvalue weighted by Gasteiger charge is -2.50. The fourth-order valence-electron chi connectivity index (χ4n) is 5.58. The van der Waals surface area contributed by atoms with Crippen LogP contribution < -0.4 is 5.32 Å². The SMILES string of the molecule is COCCCNC(=O)c1ccc(CN2C(=O)C3CC(OC)C(OC)CC3N(Cc3ccccc3C)C2=O)cc1. The molecule has 0 radical (unpaired) electrons. The van der Waals surface area contributed by atoms with Gasteiger partial charge in [-0.05, 0) is 55.0 Å². The molecule has 1 aliphatic carbocycles. The number of nitrogens with one attached hydrogen (secondary N) is 1. The van der Waals surface area contributed by atoms with Gasteiger partial charge < -0.3 is 24.4 Å². The van der Waals surface area contributed by atoms with E-state index in [1.165, 1.54) is 4.90 Å². The van der Waals surface area contributed by atoms with Crippen molar-refractivity contribution >= 4 is 17.8 Å². The molecule has 2 aromatic rings. The van der Waals surface area contributed by atoms with Crippen molar-refractivity contribution in [1.29, 1.82) is 0 Å². The van der Waals surface area contributed by atoms with E-state index in [2.05, 4.69) is 5.32 Å². The summed E-state index contributed by atoms with van der Waals surface area (Å²) in [4.78, 5) is 43.2. The Morgan fingerprint density at radius 3 is 2.31 bits per heavy atom. The summed E-state index contributed by atoms with van der Waals surface area (Å²) in [7, 11) is 4.90. The Morgan fingerprint density at radius 1 is 0.949 bits per heavy atom. The van der Waals surface area contributed by atoms with Crippen molar-refractivity contribution in [2.75, 3.05) is 34.5 Å². The van der Waals surface area contributed by atoms with Crippen molar-refractivity contribution in [2.24, 2.45) is 5.92 Å². The van der Waals surface area contributed by atoms with E-state index in [0.717, 1.165) is 23.1 Å². The number of benzene rings is 2. The zero-order valence-corrected chi connectivity index (χ0v) is 23.2. The van der Waals surface area contributed by atoms with Crippen LogP contribution in [0.4, 0.5) is 4.79 Å². The minimum Gasteiger partial charge on any atom is -0.385 e. The number of nitrogens with zero attached hydrogens (tertiary/aromatic N) is 2. The number of hydrogen-bond acceptors (Lipinski definition) is 6. The summed E-state index contributed by atoms with van der Waals surface area (Å²) in [6.07, 6.45) is 1.32. The third-order valence-electron chi connectivity index (χ3n) is 7.87. The Bertz CT molecular complexity index is 1150. The quantitative estimate of drug-likeness (QED) is 0.441. The van der Waals surface area contributed by atoms with Gasteiger partial charge >= 0.3 is 6.03 Å². The largest absolute Gasteiger partial charge is 0.385 e. The molecule has 1 saturated heterocycles. The number of aryl methyl sites for hydroxylation is 1. The van der Waals surface area contributed by atoms with Gasteiger partial charge in [-0.25, -0.2) is 4.79 Å². The van der Waals surface area contributed by atoms with Crippen molar-refractivity contribution in [3.05, 3.63) is 70.8 Å². The van der Waals surface area contributed by atoms with E-state index in [0.29, 0.717) is 38.1 Å². The van der Waals surface area contributed by atoms with Crippen LogP contribution in [0.25, 0.3) is 0 Å². The first-order valence-electron chi connectivity index (χ1n) is 13.5. The molecular formula is C30H39N3O6. The van der Waals surface area contributed by atoms with Crippen LogP contribution in [0.5, 0.6) is 0 Å². The summed E-state index contributed by atoms with van der Waals surface area (Å²) < 4.78 is 16.4. The molecule has 2 fully saturated rings. The third kappa shape index (κ3) is 6.49. The molecular weight excluding hydrogens is 498 g/mol. The van der Waals surface area contributed by atoms with Gasteiger partial charge in [0.15, 0.2) is 0 Å². The molecule has 0 bridgehead atoms. The van der Waals surface area contributed by atoms with E-state index in [1.54, 1.807) is 45.6 Å². The normalized spacial score (nSPS) is 23.1. The van der Waals surface area contributed by atoms with Crippen molar-refractivity contribution < 1.29 is 28.6 Å². The van der Waals surface area contributed by atoms with Crippen molar-refractivity contribution in [1.82, 2.24) is 15.1 Å². The van der Waals surface area contributed by atoms with Crippen LogP contribution in [-0.4, -0.2) is 80.4 Å². The Hall–Kier alpha value is -3.27. The second-order valence-electron chi connectivity index (χ2n) is 10.3. The zero-order valence-electron chi connectivity index (χ0n) is 23.2.